The van der Waals surface area contributed by atoms with Crippen molar-refractivity contribution >= 4 is 91.3 Å². The van der Waals surface area contributed by atoms with Crippen LogP contribution < -0.4 is 53.3 Å². The number of nitrogens with one attached hydrogen (secondary N) is 8. The number of methoxy groups -OCH3 is 1. The molecule has 3 saturated heterocycles. The van der Waals surface area contributed by atoms with E-state index in [0.29, 0.717) is 42.8 Å². The number of H-pyrrole nitrogens is 4. The summed E-state index contributed by atoms with van der Waals surface area (Å²) in [7, 11) is 1.63. The zero-order valence-corrected chi connectivity index (χ0v) is 75.4. The van der Waals surface area contributed by atoms with Crippen LogP contribution in [0.25, 0.3) is 67.6 Å². The van der Waals surface area contributed by atoms with Gasteiger partial charge in [-0.1, -0.05) is 36.8 Å². The van der Waals surface area contributed by atoms with E-state index < -0.39 is 0 Å². The Bertz CT molecular complexity index is 7160. The second-order valence-corrected chi connectivity index (χ2v) is 34.1. The van der Waals surface area contributed by atoms with Crippen LogP contribution in [0.5, 0.6) is 0 Å². The van der Waals surface area contributed by atoms with Crippen LogP contribution in [0, 0.1) is 0 Å². The molecule has 29 nitrogen and oxygen atoms in total. The standard InChI is InChI=1S/C30H27N5O2.C26H28N6O.C25H28N6O.C24H25N5O3/c36-28-20-24(12-15-31-28)27-11-10-26(29-32-16-19-35(27)29)33-25-8-6-23(7-9-25)30(37)34-17-13-22(14-18-34)21-4-2-1-3-5-21;33-25-18-19(10-11-27-25)24-9-8-23(26-28-12-13-32(24)26)29-20-4-6-22(7-5-20)31-16-14-30(15-17-31)21-2-1-3-21;1-18(2)29-13-15-30(16-14-29)21-5-3-20(4-6-21)28-22-7-8-23(31-12-11-27-25(22)31)19-9-10-26-24(32)17-19;1-3-28(14-15-32-2)24(31)17-4-6-19(7-5-17)27-20-8-9-21(29-13-12-26-23(20)29)18-10-11-25-22(30)16-18/h1-12,15-16,19-20,22,33H,13-14,17-18H2,(H,31,36);4-13,18,21,29H,1-3,14-17H2,(H,27,33);3-12,17-18,28H,13-16H2,1-2H3,(H,26,32);4-13,16,27H,3,14-15H2,1-2H3,(H,25,30). The lowest BCUT2D eigenvalue weighted by atomic mass is 9.89. The van der Waals surface area contributed by atoms with Crippen LogP contribution >= 0.6 is 0 Å². The fraction of sp³-hybridized carbons (Fsp3) is 0.238. The van der Waals surface area contributed by atoms with Gasteiger partial charge in [-0.3, -0.25) is 56.2 Å². The van der Waals surface area contributed by atoms with Crippen LogP contribution in [0.15, 0.2) is 318 Å². The zero-order chi connectivity index (χ0) is 92.0. The SMILES string of the molecule is CC(C)N1CCN(c2ccc(Nc3ccc(-c4cc[nH]c(=O)c4)n4ccnc34)cc2)CC1.CCN(CCOC)C(=O)c1ccc(Nc2ccc(-c3cc[nH]c(=O)c3)n3ccnc23)cc1.O=C(c1ccc(Nc2ccc(-c3cc[nH]c(=O)c3)n3ccnc23)cc1)N1CCC(c2ccccc2)CC1.O=c1cc(-c2ccc(Nc3ccc(N4CCN(C5CCC5)CC4)cc3)c3nccn23)cc[nH]1. The van der Waals surface area contributed by atoms with Crippen molar-refractivity contribution in [2.75, 3.05) is 123 Å². The molecule has 29 heteroatoms. The fourth-order valence-corrected chi connectivity index (χ4v) is 18.0. The summed E-state index contributed by atoms with van der Waals surface area (Å²) in [6, 6.07) is 74.0. The zero-order valence-electron chi connectivity index (χ0n) is 75.4. The van der Waals surface area contributed by atoms with Gasteiger partial charge in [0.05, 0.1) is 52.1 Å². The first-order chi connectivity index (χ1) is 65.6. The highest BCUT2D eigenvalue weighted by Gasteiger charge is 2.30. The number of fused-ring (bicyclic) bond motifs is 4. The van der Waals surface area contributed by atoms with E-state index >= 15 is 0 Å². The Morgan fingerprint density at radius 1 is 0.418 bits per heavy atom. The Morgan fingerprint density at radius 2 is 0.776 bits per heavy atom. The van der Waals surface area contributed by atoms with Crippen LogP contribution in [-0.2, 0) is 4.74 Å². The molecule has 21 rings (SSSR count). The number of anilines is 10. The number of ether oxygens (including phenoxy) is 1. The molecule has 134 heavy (non-hydrogen) atoms. The maximum absolute atomic E-state index is 13.1. The first-order valence-corrected chi connectivity index (χ1v) is 45.8. The van der Waals surface area contributed by atoms with Gasteiger partial charge in [0.1, 0.15) is 0 Å². The quantitative estimate of drug-likeness (QED) is 0.0295. The Hall–Kier alpha value is -15.7. The number of pyridine rings is 8. The number of piperazine rings is 2. The molecule has 8 N–H and O–H groups in total. The molecule has 2 amide bonds. The number of hydrogen-bond donors (Lipinski definition) is 8. The number of likely N-dealkylation sites (N-methyl/N-ethyl adjacent to an activating group) is 1. The summed E-state index contributed by atoms with van der Waals surface area (Å²) in [4.78, 5) is 115. The molecule has 1 aliphatic carbocycles. The van der Waals surface area contributed by atoms with Crippen LogP contribution in [0.1, 0.15) is 85.1 Å². The molecule has 12 aromatic heterocycles. The summed E-state index contributed by atoms with van der Waals surface area (Å²) in [5.41, 5.74) is 22.0. The van der Waals surface area contributed by atoms with Crippen LogP contribution in [-0.4, -0.2) is 193 Å². The number of aromatic nitrogens is 12. The molecule has 0 unspecified atom stereocenters. The van der Waals surface area contributed by atoms with Crippen LogP contribution in [0.2, 0.25) is 0 Å². The number of nitrogens with zero attached hydrogens (tertiary/aromatic N) is 14. The number of hydrogen-bond acceptors (Lipinski definition) is 19. The molecule has 1 saturated carbocycles. The van der Waals surface area contributed by atoms with E-state index in [9.17, 15) is 28.8 Å². The highest BCUT2D eigenvalue weighted by Crippen LogP contribution is 2.36. The number of carbonyl (C=O) groups is 2. The molecule has 17 aromatic rings. The van der Waals surface area contributed by atoms with E-state index in [-0.39, 0.29) is 34.1 Å². The van der Waals surface area contributed by atoms with Gasteiger partial charge in [-0.25, -0.2) is 19.9 Å². The summed E-state index contributed by atoms with van der Waals surface area (Å²) in [5.74, 6) is 0.579. The van der Waals surface area contributed by atoms with Gasteiger partial charge in [0.2, 0.25) is 22.2 Å². The van der Waals surface area contributed by atoms with Crippen molar-refractivity contribution in [2.45, 2.75) is 70.9 Å². The van der Waals surface area contributed by atoms with Crippen molar-refractivity contribution in [3.8, 4) is 45.0 Å². The highest BCUT2D eigenvalue weighted by molar-refractivity contribution is 5.96. The Kier molecular flexibility index (Phi) is 27.3. The fourth-order valence-electron chi connectivity index (χ4n) is 18.0. The van der Waals surface area contributed by atoms with E-state index in [2.05, 4.69) is 167 Å². The van der Waals surface area contributed by atoms with Gasteiger partial charge in [-0.15, -0.1) is 0 Å². The number of imidazole rings is 4. The van der Waals surface area contributed by atoms with Gasteiger partial charge in [-0.05, 0) is 228 Å². The number of rotatable bonds is 23. The number of piperidine rings is 1. The molecule has 0 bridgehead atoms. The Morgan fingerprint density at radius 3 is 1.11 bits per heavy atom. The van der Waals surface area contributed by atoms with E-state index in [1.165, 1.54) is 49.3 Å². The predicted molar refractivity (Wildman–Crippen MR) is 532 cm³/mol. The molecule has 5 aromatic carbocycles. The van der Waals surface area contributed by atoms with E-state index in [1.54, 1.807) is 85.8 Å². The maximum atomic E-state index is 13.1. The molecular formula is C105H108N22O7. The third-order valence-corrected chi connectivity index (χ3v) is 25.6. The molecule has 3 aliphatic heterocycles. The van der Waals surface area contributed by atoms with Gasteiger partial charge in [0, 0.05) is 264 Å². The lowest BCUT2D eigenvalue weighted by Gasteiger charge is -2.43. The van der Waals surface area contributed by atoms with Crippen molar-refractivity contribution in [1.82, 2.24) is 77.1 Å². The summed E-state index contributed by atoms with van der Waals surface area (Å²) in [6.07, 6.45) is 27.3. The van der Waals surface area contributed by atoms with Crippen molar-refractivity contribution < 1.29 is 14.3 Å². The molecule has 680 valence electrons. The Labute approximate surface area is 774 Å². The normalized spacial score (nSPS) is 14.3. The topological polar surface area (TPSA) is 312 Å². The summed E-state index contributed by atoms with van der Waals surface area (Å²) < 4.78 is 13.0. The number of aromatic amines is 4. The number of carbonyl (C=O) groups excluding carboxylic acids is 2. The minimum atomic E-state index is -0.156. The average molecular weight is 1790 g/mol. The number of benzene rings is 5. The van der Waals surface area contributed by atoms with E-state index in [1.807, 2.05) is 182 Å². The van der Waals surface area contributed by atoms with Gasteiger partial charge in [0.25, 0.3) is 11.8 Å². The summed E-state index contributed by atoms with van der Waals surface area (Å²) >= 11 is 0. The number of amides is 2. The molecule has 0 spiro atoms. The monoisotopic (exact) mass is 1790 g/mol. The third kappa shape index (κ3) is 20.5. The summed E-state index contributed by atoms with van der Waals surface area (Å²) in [5, 5.41) is 13.8. The third-order valence-electron chi connectivity index (χ3n) is 25.6. The first kappa shape index (κ1) is 88.9. The lowest BCUT2D eigenvalue weighted by molar-refractivity contribution is 0.0702. The van der Waals surface area contributed by atoms with Crippen molar-refractivity contribution in [1.29, 1.82) is 0 Å². The van der Waals surface area contributed by atoms with Gasteiger partial charge < -0.3 is 65.5 Å². The second kappa shape index (κ2) is 41.2. The van der Waals surface area contributed by atoms with Gasteiger partial charge in [-0.2, -0.15) is 0 Å². The summed E-state index contributed by atoms with van der Waals surface area (Å²) in [6.45, 7) is 18.6. The molecule has 4 fully saturated rings. The van der Waals surface area contributed by atoms with Gasteiger partial charge >= 0.3 is 0 Å². The minimum absolute atomic E-state index is 0.0195. The molecule has 15 heterocycles. The van der Waals surface area contributed by atoms with Crippen molar-refractivity contribution in [3.63, 3.8) is 0 Å². The minimum Gasteiger partial charge on any atom is -0.383 e. The van der Waals surface area contributed by atoms with Crippen molar-refractivity contribution in [2.24, 2.45) is 0 Å². The van der Waals surface area contributed by atoms with Crippen molar-refractivity contribution in [3.05, 3.63) is 357 Å². The molecular weight excluding hydrogens is 1680 g/mol. The Balaban J connectivity index is 0.000000120. The first-order valence-electron chi connectivity index (χ1n) is 45.8. The van der Waals surface area contributed by atoms with Gasteiger partial charge in [0.15, 0.2) is 22.6 Å². The maximum Gasteiger partial charge on any atom is 0.253 e. The molecule has 4 aliphatic rings. The van der Waals surface area contributed by atoms with Crippen LogP contribution in [0.4, 0.5) is 56.9 Å². The van der Waals surface area contributed by atoms with E-state index in [0.717, 1.165) is 184 Å². The number of likely N-dealkylation sites (tertiary alicyclic amines) is 1. The van der Waals surface area contributed by atoms with E-state index in [4.69, 9.17) is 4.74 Å². The highest BCUT2D eigenvalue weighted by atomic mass is 16.5. The molecule has 0 radical (unpaired) electrons. The van der Waals surface area contributed by atoms with Crippen LogP contribution in [0.3, 0.4) is 0 Å². The molecule has 0 atom stereocenters. The second-order valence-electron chi connectivity index (χ2n) is 34.1. The predicted octanol–water partition coefficient (Wildman–Crippen LogP) is 17.1. The lowest BCUT2D eigenvalue weighted by Crippen LogP contribution is -2.52. The smallest absolute Gasteiger partial charge is 0.253 e. The largest absolute Gasteiger partial charge is 0.383 e. The average Bonchev–Trinajstić information content (AvgIpc) is 1.63.